The van der Waals surface area contributed by atoms with Gasteiger partial charge in [-0.3, -0.25) is 4.79 Å². The highest BCUT2D eigenvalue weighted by Crippen LogP contribution is 2.43. The van der Waals surface area contributed by atoms with Gasteiger partial charge in [0.2, 0.25) is 15.9 Å². The molecule has 2 heterocycles. The van der Waals surface area contributed by atoms with Crippen LogP contribution in [0.25, 0.3) is 0 Å². The van der Waals surface area contributed by atoms with E-state index in [-0.39, 0.29) is 5.91 Å². The molecular formula is C29H38ClN3O4S. The molecule has 0 aromatic heterocycles. The Kier molecular flexibility index (Phi) is 7.94. The molecule has 1 unspecified atom stereocenters. The fraction of sp³-hybridized carbons (Fsp3) is 0.552. The van der Waals surface area contributed by atoms with E-state index in [4.69, 9.17) is 16.3 Å². The summed E-state index contributed by atoms with van der Waals surface area (Å²) >= 11 is 6.13. The third-order valence-electron chi connectivity index (χ3n) is 8.58. The van der Waals surface area contributed by atoms with Crippen molar-refractivity contribution in [2.45, 2.75) is 55.8 Å². The number of carbonyl (C=O) groups excluding carboxylic acids is 1. The van der Waals surface area contributed by atoms with Gasteiger partial charge in [0.15, 0.2) is 0 Å². The summed E-state index contributed by atoms with van der Waals surface area (Å²) in [7, 11) is -1.97. The Bertz CT molecular complexity index is 1250. The molecule has 2 aromatic carbocycles. The quantitative estimate of drug-likeness (QED) is 0.502. The first-order chi connectivity index (χ1) is 18.2. The third kappa shape index (κ3) is 5.15. The fourth-order valence-corrected chi connectivity index (χ4v) is 8.16. The Balaban J connectivity index is 1.34. The van der Waals surface area contributed by atoms with Crippen molar-refractivity contribution in [2.75, 3.05) is 51.3 Å². The van der Waals surface area contributed by atoms with Crippen LogP contribution in [-0.4, -0.2) is 69.9 Å². The Morgan fingerprint density at radius 1 is 0.974 bits per heavy atom. The monoisotopic (exact) mass is 559 g/mol. The molecule has 0 bridgehead atoms. The number of anilines is 1. The smallest absolute Gasteiger partial charge is 0.243 e. The van der Waals surface area contributed by atoms with E-state index in [9.17, 15) is 13.2 Å². The second-order valence-electron chi connectivity index (χ2n) is 11.0. The van der Waals surface area contributed by atoms with Crippen LogP contribution in [0.3, 0.4) is 0 Å². The van der Waals surface area contributed by atoms with Gasteiger partial charge in [0, 0.05) is 44.3 Å². The third-order valence-corrected chi connectivity index (χ3v) is 10.7. The fourth-order valence-electron chi connectivity index (χ4n) is 6.42. The van der Waals surface area contributed by atoms with Gasteiger partial charge in [-0.25, -0.2) is 8.42 Å². The molecule has 0 spiro atoms. The molecule has 3 fully saturated rings. The molecule has 2 saturated heterocycles. The van der Waals surface area contributed by atoms with Crippen LogP contribution in [0.4, 0.5) is 5.69 Å². The molecule has 1 atom stereocenters. The number of nitrogens with zero attached hydrogens (tertiary/aromatic N) is 3. The molecule has 5 rings (SSSR count). The number of rotatable bonds is 6. The molecule has 38 heavy (non-hydrogen) atoms. The number of piperidine rings is 1. The minimum absolute atomic E-state index is 0.194. The first kappa shape index (κ1) is 27.3. The number of piperazine rings is 1. The molecule has 9 heteroatoms. The number of hydrogen-bond donors (Lipinski definition) is 0. The highest BCUT2D eigenvalue weighted by atomic mass is 35.5. The molecule has 7 nitrogen and oxygen atoms in total. The number of carbonyl (C=O) groups is 1. The van der Waals surface area contributed by atoms with Crippen molar-refractivity contribution in [3.63, 3.8) is 0 Å². The van der Waals surface area contributed by atoms with E-state index < -0.39 is 15.4 Å². The molecule has 2 aromatic rings. The van der Waals surface area contributed by atoms with E-state index in [1.54, 1.807) is 29.6 Å². The van der Waals surface area contributed by atoms with Crippen molar-refractivity contribution in [3.05, 3.63) is 53.1 Å². The second-order valence-corrected chi connectivity index (χ2v) is 13.4. The van der Waals surface area contributed by atoms with Gasteiger partial charge in [-0.15, -0.1) is 0 Å². The largest absolute Gasteiger partial charge is 0.495 e. The summed E-state index contributed by atoms with van der Waals surface area (Å²) in [6, 6.07) is 12.9. The van der Waals surface area contributed by atoms with Crippen molar-refractivity contribution in [1.82, 2.24) is 9.21 Å². The molecule has 1 aliphatic carbocycles. The minimum atomic E-state index is -3.58. The molecule has 2 aliphatic heterocycles. The van der Waals surface area contributed by atoms with Gasteiger partial charge >= 0.3 is 0 Å². The van der Waals surface area contributed by atoms with E-state index in [0.717, 1.165) is 49.8 Å². The number of halogens is 1. The van der Waals surface area contributed by atoms with E-state index in [0.29, 0.717) is 60.9 Å². The zero-order valence-corrected chi connectivity index (χ0v) is 23.9. The van der Waals surface area contributed by atoms with Crippen molar-refractivity contribution >= 4 is 33.2 Å². The zero-order chi connectivity index (χ0) is 26.9. The lowest BCUT2D eigenvalue weighted by Gasteiger charge is -2.41. The van der Waals surface area contributed by atoms with Crippen LogP contribution in [0.1, 0.15) is 51.0 Å². The maximum atomic E-state index is 13.9. The summed E-state index contributed by atoms with van der Waals surface area (Å²) < 4.78 is 34.1. The average Bonchev–Trinajstić information content (AvgIpc) is 3.44. The molecule has 206 valence electrons. The number of benzene rings is 2. The number of ether oxygens (including phenoxy) is 1. The normalized spacial score (nSPS) is 22.4. The van der Waals surface area contributed by atoms with Crippen molar-refractivity contribution < 1.29 is 17.9 Å². The van der Waals surface area contributed by atoms with Gasteiger partial charge in [0.1, 0.15) is 5.75 Å². The molecule has 3 aliphatic rings. The molecule has 0 N–H and O–H groups in total. The highest BCUT2D eigenvalue weighted by Gasteiger charge is 2.45. The predicted molar refractivity (Wildman–Crippen MR) is 151 cm³/mol. The van der Waals surface area contributed by atoms with Crippen LogP contribution < -0.4 is 9.64 Å². The van der Waals surface area contributed by atoms with Gasteiger partial charge in [-0.05, 0) is 67.5 Å². The Hall–Kier alpha value is -2.29. The SMILES string of the molecule is COc1ccc(S(=O)(=O)N2CCCC(C)C2)cc1N1CCN(C(=O)C2(c3ccc(Cl)cc3)CCCC2)CC1. The van der Waals surface area contributed by atoms with E-state index in [1.165, 1.54) is 0 Å². The van der Waals surface area contributed by atoms with Crippen LogP contribution in [0.15, 0.2) is 47.4 Å². The molecule has 1 saturated carbocycles. The predicted octanol–water partition coefficient (Wildman–Crippen LogP) is 4.93. The zero-order valence-electron chi connectivity index (χ0n) is 22.4. The maximum absolute atomic E-state index is 13.9. The molecule has 0 radical (unpaired) electrons. The Morgan fingerprint density at radius 2 is 1.66 bits per heavy atom. The highest BCUT2D eigenvalue weighted by molar-refractivity contribution is 7.89. The maximum Gasteiger partial charge on any atom is 0.243 e. The Morgan fingerprint density at radius 3 is 2.29 bits per heavy atom. The summed E-state index contributed by atoms with van der Waals surface area (Å²) in [5.74, 6) is 1.20. The lowest BCUT2D eigenvalue weighted by Crippen LogP contribution is -2.54. The van der Waals surface area contributed by atoms with Gasteiger partial charge < -0.3 is 14.5 Å². The first-order valence-electron chi connectivity index (χ1n) is 13.7. The van der Waals surface area contributed by atoms with Gasteiger partial charge in [-0.2, -0.15) is 4.31 Å². The topological polar surface area (TPSA) is 70.2 Å². The van der Waals surface area contributed by atoms with Gasteiger partial charge in [0.25, 0.3) is 0 Å². The summed E-state index contributed by atoms with van der Waals surface area (Å²) in [5.41, 5.74) is 1.33. The summed E-state index contributed by atoms with van der Waals surface area (Å²) in [4.78, 5) is 18.4. The lowest BCUT2D eigenvalue weighted by atomic mass is 9.77. The van der Waals surface area contributed by atoms with Crippen LogP contribution in [0, 0.1) is 5.92 Å². The minimum Gasteiger partial charge on any atom is -0.495 e. The van der Waals surface area contributed by atoms with Crippen molar-refractivity contribution in [3.8, 4) is 5.75 Å². The number of methoxy groups -OCH3 is 1. The van der Waals surface area contributed by atoms with Crippen molar-refractivity contribution in [1.29, 1.82) is 0 Å². The number of hydrogen-bond acceptors (Lipinski definition) is 5. The average molecular weight is 560 g/mol. The van der Waals surface area contributed by atoms with Crippen molar-refractivity contribution in [2.24, 2.45) is 5.92 Å². The van der Waals surface area contributed by atoms with E-state index in [1.807, 2.05) is 29.2 Å². The summed E-state index contributed by atoms with van der Waals surface area (Å²) in [6.45, 7) is 5.61. The summed E-state index contributed by atoms with van der Waals surface area (Å²) in [6.07, 6.45) is 5.75. The first-order valence-corrected chi connectivity index (χ1v) is 15.5. The Labute approximate surface area is 231 Å². The van der Waals surface area contributed by atoms with Gasteiger partial charge in [-0.1, -0.05) is 43.5 Å². The number of sulfonamides is 1. The second kappa shape index (κ2) is 11.1. The van der Waals surface area contributed by atoms with Gasteiger partial charge in [0.05, 0.1) is 23.1 Å². The van der Waals surface area contributed by atoms with E-state index >= 15 is 0 Å². The van der Waals surface area contributed by atoms with Crippen LogP contribution in [0.5, 0.6) is 5.75 Å². The molecule has 1 amide bonds. The number of amides is 1. The molecular weight excluding hydrogens is 522 g/mol. The lowest BCUT2D eigenvalue weighted by molar-refractivity contribution is -0.137. The summed E-state index contributed by atoms with van der Waals surface area (Å²) in [5, 5.41) is 0.677. The van der Waals surface area contributed by atoms with Crippen LogP contribution in [0.2, 0.25) is 5.02 Å². The van der Waals surface area contributed by atoms with E-state index in [2.05, 4.69) is 11.8 Å². The van der Waals surface area contributed by atoms with Crippen LogP contribution >= 0.6 is 11.6 Å². The van der Waals surface area contributed by atoms with Crippen LogP contribution in [-0.2, 0) is 20.2 Å². The standard InChI is InChI=1S/C29H38ClN3O4S/c1-22-6-5-15-33(21-22)38(35,36)25-11-12-27(37-2)26(20-25)31-16-18-32(19-17-31)28(34)29(13-3-4-14-29)23-7-9-24(30)10-8-23/h7-12,20,22H,3-6,13-19,21H2,1-2H3.